The Kier molecular flexibility index (Phi) is 6.02. The monoisotopic (exact) mass is 364 g/mol. The molecule has 0 bridgehead atoms. The SMILES string of the molecule is CC(=O)N(CCC(=O)Nc1cccc(C)c1C)c1ccc(F)c(F)c1F. The molecule has 2 amide bonds. The molecule has 7 heteroatoms. The molecule has 2 aromatic rings. The zero-order valence-electron chi connectivity index (χ0n) is 14.7. The van der Waals surface area contributed by atoms with Crippen molar-refractivity contribution in [2.75, 3.05) is 16.8 Å². The first-order valence-corrected chi connectivity index (χ1v) is 8.00. The first kappa shape index (κ1) is 19.5. The summed E-state index contributed by atoms with van der Waals surface area (Å²) in [6.45, 7) is 4.76. The van der Waals surface area contributed by atoms with Crippen LogP contribution in [0.5, 0.6) is 0 Å². The summed E-state index contributed by atoms with van der Waals surface area (Å²) in [5, 5.41) is 2.73. The van der Waals surface area contributed by atoms with Crippen molar-refractivity contribution >= 4 is 23.2 Å². The Bertz CT molecular complexity index is 853. The number of benzene rings is 2. The second-order valence-electron chi connectivity index (χ2n) is 5.91. The van der Waals surface area contributed by atoms with Crippen molar-refractivity contribution in [3.63, 3.8) is 0 Å². The lowest BCUT2D eigenvalue weighted by atomic mass is 10.1. The van der Waals surface area contributed by atoms with E-state index in [1.807, 2.05) is 19.9 Å². The van der Waals surface area contributed by atoms with Crippen LogP contribution in [0.3, 0.4) is 0 Å². The van der Waals surface area contributed by atoms with Crippen molar-refractivity contribution in [1.29, 1.82) is 0 Å². The molecule has 138 valence electrons. The molecule has 0 unspecified atom stereocenters. The van der Waals surface area contributed by atoms with Gasteiger partial charge in [0.15, 0.2) is 17.5 Å². The summed E-state index contributed by atoms with van der Waals surface area (Å²) in [4.78, 5) is 24.8. The predicted molar refractivity (Wildman–Crippen MR) is 93.5 cm³/mol. The van der Waals surface area contributed by atoms with E-state index in [0.717, 1.165) is 35.1 Å². The van der Waals surface area contributed by atoms with Crippen molar-refractivity contribution in [2.45, 2.75) is 27.2 Å². The fraction of sp³-hybridized carbons (Fsp3) is 0.263. The summed E-state index contributed by atoms with van der Waals surface area (Å²) in [5.41, 5.74) is 2.16. The number of nitrogens with one attached hydrogen (secondary N) is 1. The average Bonchev–Trinajstić information content (AvgIpc) is 2.58. The van der Waals surface area contributed by atoms with Gasteiger partial charge in [-0.15, -0.1) is 0 Å². The van der Waals surface area contributed by atoms with Crippen LogP contribution in [0.4, 0.5) is 24.5 Å². The van der Waals surface area contributed by atoms with E-state index in [1.165, 1.54) is 0 Å². The molecule has 1 N–H and O–H groups in total. The highest BCUT2D eigenvalue weighted by atomic mass is 19.2. The fourth-order valence-electron chi connectivity index (χ4n) is 2.48. The molecule has 0 saturated carbocycles. The zero-order valence-corrected chi connectivity index (χ0v) is 14.7. The van der Waals surface area contributed by atoms with Crippen molar-refractivity contribution in [1.82, 2.24) is 0 Å². The van der Waals surface area contributed by atoms with Crippen molar-refractivity contribution in [3.05, 3.63) is 58.9 Å². The molecular weight excluding hydrogens is 345 g/mol. The minimum Gasteiger partial charge on any atom is -0.326 e. The summed E-state index contributed by atoms with van der Waals surface area (Å²) in [7, 11) is 0. The number of aryl methyl sites for hydroxylation is 1. The van der Waals surface area contributed by atoms with E-state index in [-0.39, 0.29) is 18.9 Å². The number of rotatable bonds is 5. The third kappa shape index (κ3) is 4.22. The van der Waals surface area contributed by atoms with Gasteiger partial charge in [0.2, 0.25) is 11.8 Å². The third-order valence-electron chi connectivity index (χ3n) is 4.13. The second kappa shape index (κ2) is 8.03. The first-order valence-electron chi connectivity index (χ1n) is 8.00. The molecule has 0 aliphatic carbocycles. The van der Waals surface area contributed by atoms with Crippen molar-refractivity contribution in [3.8, 4) is 0 Å². The van der Waals surface area contributed by atoms with Crippen LogP contribution in [0.15, 0.2) is 30.3 Å². The van der Waals surface area contributed by atoms with Crippen LogP contribution in [-0.2, 0) is 9.59 Å². The van der Waals surface area contributed by atoms with Crippen LogP contribution >= 0.6 is 0 Å². The maximum atomic E-state index is 13.9. The van der Waals surface area contributed by atoms with E-state index in [0.29, 0.717) is 5.69 Å². The molecule has 26 heavy (non-hydrogen) atoms. The summed E-state index contributed by atoms with van der Waals surface area (Å²) in [6, 6.07) is 7.17. The lowest BCUT2D eigenvalue weighted by Crippen LogP contribution is -2.33. The van der Waals surface area contributed by atoms with Crippen molar-refractivity contribution in [2.24, 2.45) is 0 Å². The van der Waals surface area contributed by atoms with E-state index in [4.69, 9.17) is 0 Å². The highest BCUT2D eigenvalue weighted by molar-refractivity contribution is 5.95. The Labute approximate surface area is 149 Å². The molecule has 0 spiro atoms. The number of anilines is 2. The second-order valence-corrected chi connectivity index (χ2v) is 5.91. The van der Waals surface area contributed by atoms with Crippen LogP contribution in [0.2, 0.25) is 0 Å². The van der Waals surface area contributed by atoms with Gasteiger partial charge in [-0.3, -0.25) is 9.59 Å². The molecule has 0 aliphatic rings. The van der Waals surface area contributed by atoms with E-state index < -0.39 is 29.0 Å². The standard InChI is InChI=1S/C19H19F3N2O2/c1-11-5-4-6-15(12(11)2)23-17(26)9-10-24(13(3)25)16-8-7-14(20)18(21)19(16)22/h4-8H,9-10H2,1-3H3,(H,23,26). The third-order valence-corrected chi connectivity index (χ3v) is 4.13. The van der Waals surface area contributed by atoms with Crippen LogP contribution in [0, 0.1) is 31.3 Å². The number of carbonyl (C=O) groups excluding carboxylic acids is 2. The van der Waals surface area contributed by atoms with Gasteiger partial charge in [-0.25, -0.2) is 13.2 Å². The first-order chi connectivity index (χ1) is 12.2. The van der Waals surface area contributed by atoms with Gasteiger partial charge < -0.3 is 10.2 Å². The van der Waals surface area contributed by atoms with Crippen LogP contribution in [-0.4, -0.2) is 18.4 Å². The fourth-order valence-corrected chi connectivity index (χ4v) is 2.48. The lowest BCUT2D eigenvalue weighted by molar-refractivity contribution is -0.117. The van der Waals surface area contributed by atoms with Gasteiger partial charge in [0.1, 0.15) is 0 Å². The molecule has 0 saturated heterocycles. The Morgan fingerprint density at radius 2 is 1.73 bits per heavy atom. The van der Waals surface area contributed by atoms with Crippen LogP contribution in [0.1, 0.15) is 24.5 Å². The largest absolute Gasteiger partial charge is 0.326 e. The summed E-state index contributed by atoms with van der Waals surface area (Å²) in [6.07, 6.45) is -0.134. The highest BCUT2D eigenvalue weighted by Crippen LogP contribution is 2.24. The number of hydrogen-bond donors (Lipinski definition) is 1. The van der Waals surface area contributed by atoms with Gasteiger partial charge in [0, 0.05) is 25.6 Å². The topological polar surface area (TPSA) is 49.4 Å². The zero-order chi connectivity index (χ0) is 19.4. The molecule has 0 atom stereocenters. The van der Waals surface area contributed by atoms with E-state index >= 15 is 0 Å². The maximum absolute atomic E-state index is 13.9. The van der Waals surface area contributed by atoms with E-state index in [2.05, 4.69) is 5.32 Å². The lowest BCUT2D eigenvalue weighted by Gasteiger charge is -2.22. The Balaban J connectivity index is 2.12. The number of nitrogens with zero attached hydrogens (tertiary/aromatic N) is 1. The molecule has 0 radical (unpaired) electrons. The average molecular weight is 364 g/mol. The van der Waals surface area contributed by atoms with Gasteiger partial charge in [0.25, 0.3) is 0 Å². The molecule has 0 heterocycles. The number of hydrogen-bond acceptors (Lipinski definition) is 2. The Hall–Kier alpha value is -2.83. The van der Waals surface area contributed by atoms with Gasteiger partial charge in [-0.2, -0.15) is 0 Å². The van der Waals surface area contributed by atoms with Gasteiger partial charge in [0.05, 0.1) is 5.69 Å². The van der Waals surface area contributed by atoms with E-state index in [9.17, 15) is 22.8 Å². The molecular formula is C19H19F3N2O2. The minimum absolute atomic E-state index is 0.134. The summed E-state index contributed by atoms with van der Waals surface area (Å²) in [5.74, 6) is -5.44. The molecule has 2 rings (SSSR count). The summed E-state index contributed by atoms with van der Waals surface area (Å²) < 4.78 is 40.4. The van der Waals surface area contributed by atoms with E-state index in [1.54, 1.807) is 12.1 Å². The summed E-state index contributed by atoms with van der Waals surface area (Å²) >= 11 is 0. The normalized spacial score (nSPS) is 10.5. The highest BCUT2D eigenvalue weighted by Gasteiger charge is 2.21. The minimum atomic E-state index is -1.66. The smallest absolute Gasteiger partial charge is 0.226 e. The molecule has 4 nitrogen and oxygen atoms in total. The molecule has 2 aromatic carbocycles. The molecule has 0 fully saturated rings. The number of halogens is 3. The maximum Gasteiger partial charge on any atom is 0.226 e. The van der Waals surface area contributed by atoms with Gasteiger partial charge >= 0.3 is 0 Å². The predicted octanol–water partition coefficient (Wildman–Crippen LogP) is 4.10. The van der Waals surface area contributed by atoms with Gasteiger partial charge in [-0.1, -0.05) is 12.1 Å². The van der Waals surface area contributed by atoms with Crippen molar-refractivity contribution < 1.29 is 22.8 Å². The van der Waals surface area contributed by atoms with Gasteiger partial charge in [-0.05, 0) is 43.2 Å². The number of carbonyl (C=O) groups is 2. The van der Waals surface area contributed by atoms with Crippen LogP contribution in [0.25, 0.3) is 0 Å². The number of amides is 2. The Morgan fingerprint density at radius 1 is 1.04 bits per heavy atom. The van der Waals surface area contributed by atoms with Crippen LogP contribution < -0.4 is 10.2 Å². The quantitative estimate of drug-likeness (QED) is 0.812. The Morgan fingerprint density at radius 3 is 2.38 bits per heavy atom. The molecule has 0 aliphatic heterocycles. The molecule has 0 aromatic heterocycles.